The number of aliphatic imine (C=N–C) groups is 1. The minimum absolute atomic E-state index is 0. The van der Waals surface area contributed by atoms with Crippen molar-refractivity contribution in [2.45, 2.75) is 24.9 Å². The van der Waals surface area contributed by atoms with Gasteiger partial charge in [-0.3, -0.25) is 0 Å². The number of nitrogens with one attached hydrogen (secondary N) is 1. The number of hydrogen-bond donors (Lipinski definition) is 2. The molecule has 0 saturated heterocycles. The number of nitrogens with two attached hydrogens (primary N) is 1. The lowest BCUT2D eigenvalue weighted by molar-refractivity contribution is 0.410. The first-order chi connectivity index (χ1) is 10.8. The van der Waals surface area contributed by atoms with Gasteiger partial charge in [-0.1, -0.05) is 48.5 Å². The van der Waals surface area contributed by atoms with Gasteiger partial charge < -0.3 is 15.8 Å². The monoisotopic (exact) mass is 423 g/mol. The molecule has 2 aromatic carbocycles. The van der Waals surface area contributed by atoms with Crippen LogP contribution in [0.2, 0.25) is 0 Å². The van der Waals surface area contributed by atoms with E-state index in [-0.39, 0.29) is 24.0 Å². The lowest BCUT2D eigenvalue weighted by Crippen LogP contribution is -2.34. The maximum absolute atomic E-state index is 5.99. The highest BCUT2D eigenvalue weighted by Gasteiger charge is 2.38. The standard InChI is InChI=1S/C18H21N3O.HI/c1-22-17-10-6-5-9-14(17)12-20-18(19)21-16-11-15(16)13-7-3-2-4-8-13;/h2-10,15-16H,11-12H2,1H3,(H3,19,20,21);1H. The number of guanidine groups is 1. The summed E-state index contributed by atoms with van der Waals surface area (Å²) in [5.41, 5.74) is 8.38. The SMILES string of the molecule is COc1ccccc1CN=C(N)NC1CC1c1ccccc1.I. The van der Waals surface area contributed by atoms with E-state index in [0.29, 0.717) is 24.5 Å². The Balaban J connectivity index is 0.00000192. The van der Waals surface area contributed by atoms with Gasteiger partial charge in [0.1, 0.15) is 5.75 Å². The van der Waals surface area contributed by atoms with Gasteiger partial charge >= 0.3 is 0 Å². The maximum atomic E-state index is 5.99. The lowest BCUT2D eigenvalue weighted by atomic mass is 10.1. The fourth-order valence-corrected chi connectivity index (χ4v) is 2.66. The third kappa shape index (κ3) is 4.60. The van der Waals surface area contributed by atoms with E-state index in [1.807, 2.05) is 30.3 Å². The van der Waals surface area contributed by atoms with Crippen LogP contribution in [0.25, 0.3) is 0 Å². The van der Waals surface area contributed by atoms with Crippen molar-refractivity contribution in [2.24, 2.45) is 10.7 Å². The minimum Gasteiger partial charge on any atom is -0.496 e. The molecule has 0 spiro atoms. The molecule has 1 aliphatic rings. The summed E-state index contributed by atoms with van der Waals surface area (Å²) in [5.74, 6) is 1.88. The average Bonchev–Trinajstić information content (AvgIpc) is 3.33. The summed E-state index contributed by atoms with van der Waals surface area (Å²) in [7, 11) is 1.67. The van der Waals surface area contributed by atoms with E-state index in [2.05, 4.69) is 34.6 Å². The first-order valence-electron chi connectivity index (χ1n) is 7.51. The van der Waals surface area contributed by atoms with Crippen molar-refractivity contribution in [1.29, 1.82) is 0 Å². The van der Waals surface area contributed by atoms with E-state index in [9.17, 15) is 0 Å². The highest BCUT2D eigenvalue weighted by Crippen LogP contribution is 2.40. The lowest BCUT2D eigenvalue weighted by Gasteiger charge is -2.08. The van der Waals surface area contributed by atoms with Crippen molar-refractivity contribution in [3.63, 3.8) is 0 Å². The quantitative estimate of drug-likeness (QED) is 0.441. The van der Waals surface area contributed by atoms with Gasteiger partial charge in [0.25, 0.3) is 0 Å². The molecule has 3 N–H and O–H groups in total. The number of ether oxygens (including phenoxy) is 1. The van der Waals surface area contributed by atoms with Crippen molar-refractivity contribution < 1.29 is 4.74 Å². The van der Waals surface area contributed by atoms with E-state index in [0.717, 1.165) is 17.7 Å². The molecule has 0 radical (unpaired) electrons. The zero-order valence-electron chi connectivity index (χ0n) is 13.1. The predicted octanol–water partition coefficient (Wildman–Crippen LogP) is 3.27. The fourth-order valence-electron chi connectivity index (χ4n) is 2.66. The topological polar surface area (TPSA) is 59.6 Å². The average molecular weight is 423 g/mol. The molecule has 4 nitrogen and oxygen atoms in total. The van der Waals surface area contributed by atoms with E-state index in [4.69, 9.17) is 10.5 Å². The van der Waals surface area contributed by atoms with Crippen LogP contribution in [-0.4, -0.2) is 19.1 Å². The summed E-state index contributed by atoms with van der Waals surface area (Å²) in [4.78, 5) is 4.41. The Bertz CT molecular complexity index is 660. The molecule has 0 aliphatic heterocycles. The van der Waals surface area contributed by atoms with Crippen LogP contribution in [0.1, 0.15) is 23.5 Å². The summed E-state index contributed by atoms with van der Waals surface area (Å²) in [6.07, 6.45) is 1.11. The Morgan fingerprint density at radius 3 is 2.61 bits per heavy atom. The van der Waals surface area contributed by atoms with Crippen molar-refractivity contribution >= 4 is 29.9 Å². The fraction of sp³-hybridized carbons (Fsp3) is 0.278. The predicted molar refractivity (Wildman–Crippen MR) is 104 cm³/mol. The third-order valence-corrected chi connectivity index (χ3v) is 3.96. The Morgan fingerprint density at radius 1 is 1.17 bits per heavy atom. The van der Waals surface area contributed by atoms with E-state index in [1.54, 1.807) is 7.11 Å². The first-order valence-corrected chi connectivity index (χ1v) is 7.51. The second-order valence-corrected chi connectivity index (χ2v) is 5.52. The molecule has 1 aliphatic carbocycles. The molecule has 1 saturated carbocycles. The van der Waals surface area contributed by atoms with Gasteiger partial charge in [-0.15, -0.1) is 24.0 Å². The molecule has 0 aromatic heterocycles. The number of para-hydroxylation sites is 1. The van der Waals surface area contributed by atoms with Crippen molar-refractivity contribution in [2.75, 3.05) is 7.11 Å². The van der Waals surface area contributed by atoms with E-state index >= 15 is 0 Å². The van der Waals surface area contributed by atoms with Crippen LogP contribution in [-0.2, 0) is 6.54 Å². The summed E-state index contributed by atoms with van der Waals surface area (Å²) < 4.78 is 5.32. The number of nitrogens with zero attached hydrogens (tertiary/aromatic N) is 1. The van der Waals surface area contributed by atoms with Crippen LogP contribution in [0.3, 0.4) is 0 Å². The third-order valence-electron chi connectivity index (χ3n) is 3.96. The Hall–Kier alpha value is -1.76. The van der Waals surface area contributed by atoms with Gasteiger partial charge in [0, 0.05) is 17.5 Å². The Morgan fingerprint density at radius 2 is 1.87 bits per heavy atom. The van der Waals surface area contributed by atoms with E-state index in [1.165, 1.54) is 5.56 Å². The number of hydrogen-bond acceptors (Lipinski definition) is 2. The minimum atomic E-state index is 0. The van der Waals surface area contributed by atoms with Crippen LogP contribution in [0, 0.1) is 0 Å². The molecule has 0 heterocycles. The molecule has 23 heavy (non-hydrogen) atoms. The smallest absolute Gasteiger partial charge is 0.189 e. The molecule has 5 heteroatoms. The molecule has 3 rings (SSSR count). The largest absolute Gasteiger partial charge is 0.496 e. The molecular weight excluding hydrogens is 401 g/mol. The molecular formula is C18H22IN3O. The summed E-state index contributed by atoms with van der Waals surface area (Å²) in [5, 5.41) is 3.30. The second-order valence-electron chi connectivity index (χ2n) is 5.52. The Labute approximate surface area is 154 Å². The van der Waals surface area contributed by atoms with Crippen molar-refractivity contribution in [3.05, 3.63) is 65.7 Å². The molecule has 2 atom stereocenters. The second kappa shape index (κ2) is 8.19. The molecule has 1 fully saturated rings. The van der Waals surface area contributed by atoms with Gasteiger partial charge in [-0.2, -0.15) is 0 Å². The van der Waals surface area contributed by atoms with Crippen LogP contribution in [0.15, 0.2) is 59.6 Å². The van der Waals surface area contributed by atoms with Crippen molar-refractivity contribution in [1.82, 2.24) is 5.32 Å². The number of methoxy groups -OCH3 is 1. The van der Waals surface area contributed by atoms with Gasteiger partial charge in [0.2, 0.25) is 0 Å². The molecule has 0 amide bonds. The van der Waals surface area contributed by atoms with E-state index < -0.39 is 0 Å². The maximum Gasteiger partial charge on any atom is 0.189 e. The van der Waals surface area contributed by atoms with Crippen LogP contribution in [0.5, 0.6) is 5.75 Å². The summed E-state index contributed by atoms with van der Waals surface area (Å²) >= 11 is 0. The van der Waals surface area contributed by atoms with Crippen LogP contribution in [0.4, 0.5) is 0 Å². The Kier molecular flexibility index (Phi) is 6.27. The number of rotatable bonds is 5. The molecule has 2 aromatic rings. The summed E-state index contributed by atoms with van der Waals surface area (Å²) in [6.45, 7) is 0.519. The van der Waals surface area contributed by atoms with Crippen molar-refractivity contribution in [3.8, 4) is 5.75 Å². The highest BCUT2D eigenvalue weighted by molar-refractivity contribution is 14.0. The zero-order chi connectivity index (χ0) is 15.4. The molecule has 122 valence electrons. The molecule has 0 bridgehead atoms. The normalized spacial score (nSPS) is 19.6. The van der Waals surface area contributed by atoms with Gasteiger partial charge in [0.15, 0.2) is 5.96 Å². The van der Waals surface area contributed by atoms with Gasteiger partial charge in [0.05, 0.1) is 13.7 Å². The van der Waals surface area contributed by atoms with Crippen LogP contribution >= 0.6 is 24.0 Å². The van der Waals surface area contributed by atoms with Crippen LogP contribution < -0.4 is 15.8 Å². The number of halogens is 1. The zero-order valence-corrected chi connectivity index (χ0v) is 15.4. The highest BCUT2D eigenvalue weighted by atomic mass is 127. The van der Waals surface area contributed by atoms with Gasteiger partial charge in [-0.05, 0) is 18.1 Å². The number of benzene rings is 2. The molecule has 2 unspecified atom stereocenters. The first kappa shape index (κ1) is 17.6. The summed E-state index contributed by atoms with van der Waals surface area (Å²) in [6, 6.07) is 18.8. The van der Waals surface area contributed by atoms with Gasteiger partial charge in [-0.25, -0.2) is 4.99 Å².